The Bertz CT molecular complexity index is 46.5. The Labute approximate surface area is 105 Å². The fourth-order valence-electron chi connectivity index (χ4n) is 0. The molecule has 0 spiro atoms. The van der Waals surface area contributed by atoms with Gasteiger partial charge in [-0.25, -0.2) is 0 Å². The Balaban J connectivity index is -0.0000000270. The van der Waals surface area contributed by atoms with Crippen LogP contribution in [-0.4, -0.2) is 14.7 Å². The first kappa shape index (κ1) is 29.7. The summed E-state index contributed by atoms with van der Waals surface area (Å²) in [6, 6.07) is 0. The Hall–Kier alpha value is 1.99. The molecule has 0 atom stereocenters. The topological polar surface area (TPSA) is 199 Å². The quantitative estimate of drug-likeness (QED) is 0.358. The van der Waals surface area contributed by atoms with Crippen LogP contribution >= 0.6 is 25.8 Å². The van der Waals surface area contributed by atoms with Crippen LogP contribution in [0.1, 0.15) is 0 Å². The van der Waals surface area contributed by atoms with Crippen molar-refractivity contribution in [2.75, 3.05) is 0 Å². The monoisotopic (exact) mass is 344 g/mol. The van der Waals surface area contributed by atoms with Gasteiger partial charge in [0.1, 0.15) is 0 Å². The molecule has 0 rings (SSSR count). The second kappa shape index (κ2) is 24.3. The van der Waals surface area contributed by atoms with Gasteiger partial charge in [0.2, 0.25) is 0 Å². The van der Waals surface area contributed by atoms with Crippen molar-refractivity contribution in [3.05, 3.63) is 0 Å². The number of hydrogen-bond acceptors (Lipinski definition) is 9. The molecule has 0 saturated carbocycles. The SMILES string of the molecule is [Cr+3].[Cr+3].[O-]P([O-])O.[O-]P([O-])O.[O-]P([O-])O. The van der Waals surface area contributed by atoms with E-state index in [0.29, 0.717) is 0 Å². The van der Waals surface area contributed by atoms with E-state index in [4.69, 9.17) is 44.0 Å². The van der Waals surface area contributed by atoms with E-state index in [1.807, 2.05) is 0 Å². The van der Waals surface area contributed by atoms with Gasteiger partial charge in [0, 0.05) is 0 Å². The molecule has 0 fully saturated rings. The third-order valence-corrected chi connectivity index (χ3v) is 0. The van der Waals surface area contributed by atoms with Crippen LogP contribution < -0.4 is 29.4 Å². The molecular formula is H3Cr2O9P3. The van der Waals surface area contributed by atoms with E-state index in [1.54, 1.807) is 0 Å². The van der Waals surface area contributed by atoms with E-state index in [1.165, 1.54) is 0 Å². The summed E-state index contributed by atoms with van der Waals surface area (Å²) in [5.41, 5.74) is 0. The summed E-state index contributed by atoms with van der Waals surface area (Å²) in [5, 5.41) is 0. The van der Waals surface area contributed by atoms with E-state index in [2.05, 4.69) is 0 Å². The summed E-state index contributed by atoms with van der Waals surface area (Å²) in [5.74, 6) is 0. The van der Waals surface area contributed by atoms with Crippen LogP contribution in [0.25, 0.3) is 0 Å². The van der Waals surface area contributed by atoms with E-state index in [-0.39, 0.29) is 34.7 Å². The molecule has 14 heteroatoms. The van der Waals surface area contributed by atoms with Crippen molar-refractivity contribution in [1.29, 1.82) is 0 Å². The van der Waals surface area contributed by atoms with Crippen molar-refractivity contribution in [3.63, 3.8) is 0 Å². The maximum atomic E-state index is 8.59. The summed E-state index contributed by atoms with van der Waals surface area (Å²) >= 11 is 0. The van der Waals surface area contributed by atoms with Crippen LogP contribution in [-0.2, 0) is 34.7 Å². The molecule has 0 aliphatic carbocycles. The Morgan fingerprint density at radius 3 is 0.500 bits per heavy atom. The van der Waals surface area contributed by atoms with Gasteiger partial charge in [0.15, 0.2) is 0 Å². The van der Waals surface area contributed by atoms with Gasteiger partial charge in [0.25, 0.3) is 0 Å². The fraction of sp³-hybridized carbons (Fsp3) is 0. The van der Waals surface area contributed by atoms with E-state index >= 15 is 0 Å². The Morgan fingerprint density at radius 2 is 0.500 bits per heavy atom. The van der Waals surface area contributed by atoms with Gasteiger partial charge in [0.05, 0.1) is 0 Å². The molecule has 3 N–H and O–H groups in total. The molecule has 2 radical (unpaired) electrons. The van der Waals surface area contributed by atoms with Gasteiger partial charge >= 0.3 is 34.7 Å². The normalized spacial score (nSPS) is 7.71. The van der Waals surface area contributed by atoms with E-state index < -0.39 is 25.8 Å². The van der Waals surface area contributed by atoms with Crippen molar-refractivity contribution < 1.29 is 78.8 Å². The van der Waals surface area contributed by atoms with E-state index in [9.17, 15) is 0 Å². The zero-order chi connectivity index (χ0) is 10.7. The second-order valence-electron chi connectivity index (χ2n) is 0.714. The first-order chi connectivity index (χ1) is 5.20. The van der Waals surface area contributed by atoms with Crippen molar-refractivity contribution in [3.8, 4) is 0 Å². The van der Waals surface area contributed by atoms with Crippen LogP contribution in [0, 0.1) is 0 Å². The average Bonchev–Trinajstić information content (AvgIpc) is 1.54. The molecule has 0 aromatic heterocycles. The van der Waals surface area contributed by atoms with Gasteiger partial charge in [-0.3, -0.25) is 0 Å². The van der Waals surface area contributed by atoms with E-state index in [0.717, 1.165) is 0 Å². The van der Waals surface area contributed by atoms with Gasteiger partial charge in [-0.2, -0.15) is 25.8 Å². The minimum absolute atomic E-state index is 0. The molecule has 0 bridgehead atoms. The summed E-state index contributed by atoms with van der Waals surface area (Å²) in [4.78, 5) is 72.6. The molecular weight excluding hydrogens is 341 g/mol. The summed E-state index contributed by atoms with van der Waals surface area (Å²) in [6.45, 7) is 0. The zero-order valence-corrected chi connectivity index (χ0v) is 11.2. The summed E-state index contributed by atoms with van der Waals surface area (Å²) in [6.07, 6.45) is 0. The Kier molecular flexibility index (Phi) is 51.6. The Morgan fingerprint density at radius 1 is 0.500 bits per heavy atom. The molecule has 14 heavy (non-hydrogen) atoms. The zero-order valence-electron chi connectivity index (χ0n) is 5.95. The molecule has 0 unspecified atom stereocenters. The predicted molar refractivity (Wildman–Crippen MR) is 27.4 cm³/mol. The maximum absolute atomic E-state index is 8.59. The molecule has 0 aliphatic heterocycles. The molecule has 0 amide bonds. The third-order valence-electron chi connectivity index (χ3n) is 0. The molecule has 84 valence electrons. The standard InChI is InChI=1S/2Cr.3HO3P/c;;3*1-4(2)3/h;;3*1H/q2*+3;3*-2. The van der Waals surface area contributed by atoms with Gasteiger partial charge in [-0.15, -0.1) is 0 Å². The average molecular weight is 344 g/mol. The number of rotatable bonds is 0. The molecule has 0 heterocycles. The minimum Gasteiger partial charge on any atom is -0.820 e. The van der Waals surface area contributed by atoms with Crippen molar-refractivity contribution in [2.45, 2.75) is 0 Å². The van der Waals surface area contributed by atoms with Crippen LogP contribution in [0.15, 0.2) is 0 Å². The van der Waals surface area contributed by atoms with Crippen LogP contribution in [0.5, 0.6) is 0 Å². The maximum Gasteiger partial charge on any atom is 3.00 e. The number of hydrogen-bond donors (Lipinski definition) is 3. The van der Waals surface area contributed by atoms with Gasteiger partial charge < -0.3 is 44.0 Å². The molecule has 0 aromatic rings. The third kappa shape index (κ3) is 594. The van der Waals surface area contributed by atoms with Crippen molar-refractivity contribution in [2.24, 2.45) is 0 Å². The first-order valence-corrected chi connectivity index (χ1v) is 5.09. The van der Waals surface area contributed by atoms with Crippen LogP contribution in [0.3, 0.4) is 0 Å². The van der Waals surface area contributed by atoms with Gasteiger partial charge in [-0.1, -0.05) is 0 Å². The van der Waals surface area contributed by atoms with Crippen molar-refractivity contribution >= 4 is 25.8 Å². The molecule has 0 saturated heterocycles. The first-order valence-electron chi connectivity index (χ1n) is 1.70. The summed E-state index contributed by atoms with van der Waals surface area (Å²) in [7, 11) is -9.36. The second-order valence-corrected chi connectivity index (χ2v) is 2.14. The van der Waals surface area contributed by atoms with Gasteiger partial charge in [-0.05, 0) is 0 Å². The van der Waals surface area contributed by atoms with Crippen LogP contribution in [0.2, 0.25) is 0 Å². The molecule has 0 aromatic carbocycles. The van der Waals surface area contributed by atoms with Crippen LogP contribution in [0.4, 0.5) is 0 Å². The van der Waals surface area contributed by atoms with Crippen molar-refractivity contribution in [1.82, 2.24) is 0 Å². The molecule has 0 aliphatic rings. The minimum atomic E-state index is -3.12. The fourth-order valence-corrected chi connectivity index (χ4v) is 0. The smallest absolute Gasteiger partial charge is 0.820 e. The molecule has 9 nitrogen and oxygen atoms in total. The summed E-state index contributed by atoms with van der Waals surface area (Å²) < 4.78 is 0. The largest absolute Gasteiger partial charge is 3.00 e. The predicted octanol–water partition coefficient (Wildman–Crippen LogP) is -6.23.